The van der Waals surface area contributed by atoms with Crippen LogP contribution in [0.25, 0.3) is 0 Å². The summed E-state index contributed by atoms with van der Waals surface area (Å²) in [4.78, 5) is 24.5. The van der Waals surface area contributed by atoms with Crippen molar-refractivity contribution in [1.29, 1.82) is 0 Å². The van der Waals surface area contributed by atoms with E-state index in [1.807, 2.05) is 60.7 Å². The molecule has 0 saturated heterocycles. The summed E-state index contributed by atoms with van der Waals surface area (Å²) in [6.07, 6.45) is 65.3. The molecule has 9 heteroatoms. The zero-order chi connectivity index (χ0) is 99.7. The van der Waals surface area contributed by atoms with Crippen LogP contribution >= 0.6 is 7.14 Å². The highest BCUT2D eigenvalue weighted by Gasteiger charge is 2.56. The van der Waals surface area contributed by atoms with Crippen molar-refractivity contribution in [2.24, 2.45) is 127 Å². The number of hydrogen-bond acceptors (Lipinski definition) is 8. The van der Waals surface area contributed by atoms with Crippen molar-refractivity contribution in [2.75, 3.05) is 13.3 Å². The molecule has 5 N–H and O–H groups in total. The maximum atomic E-state index is 14.0. The lowest BCUT2D eigenvalue weighted by molar-refractivity contribution is -0.131. The minimum absolute atomic E-state index is 0.264. The summed E-state index contributed by atoms with van der Waals surface area (Å²) >= 11 is 0. The van der Waals surface area contributed by atoms with Gasteiger partial charge in [-0.05, 0) is 326 Å². The number of ketones is 2. The largest absolute Gasteiger partial charge is 0.400 e. The van der Waals surface area contributed by atoms with Gasteiger partial charge in [0.15, 0.2) is 0 Å². The van der Waals surface area contributed by atoms with Crippen LogP contribution in [0.4, 0.5) is 0 Å². The van der Waals surface area contributed by atoms with Crippen LogP contribution in [0.1, 0.15) is 448 Å². The van der Waals surface area contributed by atoms with Gasteiger partial charge in [0.05, 0.1) is 23.4 Å². The Hall–Kier alpha value is -4.27. The first kappa shape index (κ1) is 116. The minimum Gasteiger partial charge on any atom is -0.400 e. The molecule has 13 rings (SSSR count). The number of fused-ring (bicyclic) bond motifs is 4. The fraction of sp³-hybridized carbons (Fsp3) is 0.762. The third-order valence-electron chi connectivity index (χ3n) is 40.8. The first-order valence-corrected chi connectivity index (χ1v) is 58.4. The van der Waals surface area contributed by atoms with Crippen molar-refractivity contribution < 1.29 is 39.7 Å². The number of allylic oxidation sites excluding steroid dienone is 11. The molecule has 0 spiro atoms. The number of carbonyl (C=O) groups excluding carboxylic acids is 2. The molecule has 11 saturated carbocycles. The zero-order valence-corrected chi connectivity index (χ0v) is 92.2. The summed E-state index contributed by atoms with van der Waals surface area (Å²) in [6, 6.07) is 19.9. The van der Waals surface area contributed by atoms with E-state index < -0.39 is 30.6 Å². The molecule has 22 atom stereocenters. The lowest BCUT2D eigenvalue weighted by atomic mass is 9.60. The van der Waals surface area contributed by atoms with Crippen molar-refractivity contribution >= 4 is 29.3 Å². The molecular weight excluding hydrogens is 1670 g/mol. The third kappa shape index (κ3) is 29.5. The van der Waals surface area contributed by atoms with E-state index in [-0.39, 0.29) is 5.41 Å². The van der Waals surface area contributed by atoms with Gasteiger partial charge in [0.25, 0.3) is 0 Å². The summed E-state index contributed by atoms with van der Waals surface area (Å²) in [5.74, 6) is 11.9. The second kappa shape index (κ2) is 52.8. The van der Waals surface area contributed by atoms with E-state index >= 15 is 0 Å². The predicted octanol–water partition coefficient (Wildman–Crippen LogP) is 33.5. The van der Waals surface area contributed by atoms with Crippen LogP contribution in [0.3, 0.4) is 0 Å². The van der Waals surface area contributed by atoms with Crippen molar-refractivity contribution in [3.05, 3.63) is 155 Å². The molecule has 0 amide bonds. The Bertz CT molecular complexity index is 3920. The summed E-state index contributed by atoms with van der Waals surface area (Å²) in [5.41, 5.74) is 12.7. The van der Waals surface area contributed by atoms with Crippen molar-refractivity contribution in [2.45, 2.75) is 471 Å². The molecule has 2 aromatic rings. The topological polar surface area (TPSA) is 152 Å². The fourth-order valence-corrected chi connectivity index (χ4v) is 32.4. The van der Waals surface area contributed by atoms with E-state index in [0.29, 0.717) is 122 Å². The van der Waals surface area contributed by atoms with Gasteiger partial charge in [0, 0.05) is 48.6 Å². The van der Waals surface area contributed by atoms with Crippen molar-refractivity contribution in [3.63, 3.8) is 0 Å². The number of carbonyl (C=O) groups is 2. The van der Waals surface area contributed by atoms with Gasteiger partial charge in [-0.1, -0.05) is 379 Å². The molecule has 8 nitrogen and oxygen atoms in total. The zero-order valence-electron chi connectivity index (χ0n) is 91.3. The Kier molecular flexibility index (Phi) is 45.4. The molecule has 0 aromatic heterocycles. The van der Waals surface area contributed by atoms with Gasteiger partial charge < -0.3 is 30.1 Å². The molecule has 0 radical (unpaired) electrons. The Morgan fingerprint density at radius 2 is 0.674 bits per heavy atom. The SMILES string of the molecule is C=C1[C@H](C)CC(=C/C=C2\CCC[C@@]3(C)C2CCC3[C@@H](C)CCCC(C)(CC)CC)C[C@H]1C.C=C1[C@H](C)CC(=CCP(=O)(c2ccccc2)c2ccccc2)C[C@H]1C.C=C1[C@H](O)CC(=C/C=C2\CCC[C@@]3(C)C2CCC3[C@@H](C)CCCC(O)(CC)CC)C[C@H]1O.CCC(C)(CC)CCC[C@H](C)C1CC[C@H]2C(=O)CCC[C@]12C.CCC(O)(CC)CCC[C@H](C)C1CC[C@H]2C(=O)CCC[C@]12C.CO. The van der Waals surface area contributed by atoms with E-state index in [1.54, 1.807) is 16.7 Å². The smallest absolute Gasteiger partial charge is 0.146 e. The lowest BCUT2D eigenvalue weighted by Crippen LogP contribution is -2.39. The number of aliphatic hydroxyl groups excluding tert-OH is 3. The molecule has 11 fully saturated rings. The Morgan fingerprint density at radius 1 is 0.393 bits per heavy atom. The first-order valence-electron chi connectivity index (χ1n) is 56.5. The van der Waals surface area contributed by atoms with Gasteiger partial charge in [-0.25, -0.2) is 0 Å². The van der Waals surface area contributed by atoms with Gasteiger partial charge in [-0.2, -0.15) is 0 Å². The highest BCUT2D eigenvalue weighted by molar-refractivity contribution is 7.78. The van der Waals surface area contributed by atoms with E-state index in [2.05, 4.69) is 202 Å². The first-order chi connectivity index (χ1) is 64.0. The number of benzene rings is 2. The van der Waals surface area contributed by atoms with Gasteiger partial charge >= 0.3 is 0 Å². The Labute approximate surface area is 830 Å². The van der Waals surface area contributed by atoms with Crippen molar-refractivity contribution in [1.82, 2.24) is 0 Å². The number of hydrogen-bond donors (Lipinski definition) is 5. The molecule has 11 aliphatic carbocycles. The van der Waals surface area contributed by atoms with Crippen molar-refractivity contribution in [3.8, 4) is 0 Å². The summed E-state index contributed by atoms with van der Waals surface area (Å²) < 4.78 is 14.0. The monoisotopic (exact) mass is 1880 g/mol. The summed E-state index contributed by atoms with van der Waals surface area (Å²) in [7, 11) is -1.64. The average molecular weight is 1880 g/mol. The van der Waals surface area contributed by atoms with E-state index in [1.165, 1.54) is 203 Å². The van der Waals surface area contributed by atoms with Crippen LogP contribution < -0.4 is 10.6 Å². The van der Waals surface area contributed by atoms with Crippen LogP contribution in [0.5, 0.6) is 0 Å². The van der Waals surface area contributed by atoms with E-state index in [4.69, 9.17) is 5.11 Å². The standard InChI is InChI=1S/C32H54.C29H48O3.C23H27OP.C21H38O.C20H36O2.CH4O/c1-9-31(7,10-2)19-11-13-23(3)29-17-18-30-28(14-12-20-32(29,30)8)16-15-27-21-24(4)26(6)25(5)22-27;1-6-29(32,7-2)17-8-10-20(3)24-14-15-25-23(11-9-16-28(24,25)5)13-12-22-18-26(30)21(4)27(31)19-22;1-18-16-21(17-19(2)20(18)3)14-15-25(24,22-10-6-4-7-11-22)23-12-8-5-9-13-23;1-6-20(4,7-2)14-8-10-16(3)17-12-13-18-19(22)11-9-15-21(17,18)5;1-5-20(22,6-2)14-7-9-15(3)16-11-12-17-18(21)10-8-13-19(16,17)4;1-2/h15-16,23-25,29-30H,6,9-14,17-22H2,1-5,7-8H3;12-13,20,24-27,30-32H,4,6-11,14-19H2,1-3,5H3;4-14,18-19H,3,15-17H2,1-2H3;16-18H,6-15H2,1-5H3;15-17,22H,5-14H2,1-4H3;2H,1H3/b28-16+;23-13+;;;;/t23-,24+,25+,29?,30?,32+;20-,24?,25?,26+,27+,28+;18-,19-;16-,17?,18-,21+;15-,16?,17-,19+;/m00100./s1. The second-order valence-corrected chi connectivity index (χ2v) is 51.7. The molecular formula is C126H207O8P. The highest BCUT2D eigenvalue weighted by atomic mass is 31.2. The number of aliphatic hydroxyl groups is 5. The minimum atomic E-state index is -2.64. The normalized spacial score (nSPS) is 31.9. The Morgan fingerprint density at radius 3 is 0.985 bits per heavy atom. The molecule has 0 aliphatic heterocycles. The quantitative estimate of drug-likeness (QED) is 0.0343. The highest BCUT2D eigenvalue weighted by Crippen LogP contribution is 2.64. The predicted molar refractivity (Wildman–Crippen MR) is 580 cm³/mol. The van der Waals surface area contributed by atoms with Crippen LogP contribution in [0.2, 0.25) is 0 Å². The summed E-state index contributed by atoms with van der Waals surface area (Å²) in [5, 5.41) is 50.3. The molecule has 11 aliphatic rings. The molecule has 764 valence electrons. The van der Waals surface area contributed by atoms with Gasteiger partial charge in [-0.15, -0.1) is 0 Å². The number of Topliss-reactive ketones (excluding diaryl/α,β-unsaturated/α-hetero) is 2. The van der Waals surface area contributed by atoms with Gasteiger partial charge in [-0.3, -0.25) is 9.59 Å². The molecule has 2 aromatic carbocycles. The van der Waals surface area contributed by atoms with Crippen LogP contribution in [-0.2, 0) is 14.2 Å². The molecule has 0 heterocycles. The van der Waals surface area contributed by atoms with E-state index in [9.17, 15) is 34.6 Å². The number of rotatable bonds is 34. The van der Waals surface area contributed by atoms with Crippen LogP contribution in [0, 0.1) is 127 Å². The third-order valence-corrected chi connectivity index (χ3v) is 43.8. The molecule has 6 unspecified atom stereocenters. The maximum absolute atomic E-state index is 14.0. The molecule has 135 heavy (non-hydrogen) atoms. The van der Waals surface area contributed by atoms with Gasteiger partial charge in [0.2, 0.25) is 0 Å². The summed E-state index contributed by atoms with van der Waals surface area (Å²) in [6.45, 7) is 64.3. The lowest BCUT2D eigenvalue weighted by Gasteiger charge is -2.44. The molecule has 0 bridgehead atoms. The average Bonchev–Trinajstić information content (AvgIpc) is 1.62. The van der Waals surface area contributed by atoms with Gasteiger partial charge in [0.1, 0.15) is 18.7 Å². The van der Waals surface area contributed by atoms with Crippen LogP contribution in [-0.4, -0.2) is 73.8 Å². The fourth-order valence-electron chi connectivity index (χ4n) is 29.8. The van der Waals surface area contributed by atoms with Crippen LogP contribution in [0.15, 0.2) is 155 Å². The Balaban J connectivity index is 0.000000208. The van der Waals surface area contributed by atoms with E-state index in [0.717, 1.165) is 155 Å². The second-order valence-electron chi connectivity index (χ2n) is 48.9. The maximum Gasteiger partial charge on any atom is 0.146 e.